The number of halogens is 1. The minimum absolute atomic E-state index is 0.0316. The number of alkyl halides is 1. The quantitative estimate of drug-likeness (QED) is 0.486. The van der Waals surface area contributed by atoms with E-state index in [4.69, 9.17) is 21.1 Å². The lowest BCUT2D eigenvalue weighted by atomic mass is 9.87. The van der Waals surface area contributed by atoms with Crippen LogP contribution < -0.4 is 9.47 Å². The standard InChI is InChI=1S/C14H18ClNO4/c1-14(2,3)13(15)7-9-6-11-12(20-5-4-19-11)8-10(9)16(17)18/h6,8,13H,4-5,7H2,1-3H3. The van der Waals surface area contributed by atoms with Gasteiger partial charge in [-0.15, -0.1) is 11.6 Å². The van der Waals surface area contributed by atoms with E-state index in [1.54, 1.807) is 6.07 Å². The fourth-order valence-corrected chi connectivity index (χ4v) is 2.12. The molecular weight excluding hydrogens is 282 g/mol. The molecule has 0 N–H and O–H groups in total. The van der Waals surface area contributed by atoms with Crippen molar-refractivity contribution < 1.29 is 14.4 Å². The molecule has 0 spiro atoms. The van der Waals surface area contributed by atoms with E-state index < -0.39 is 4.92 Å². The average Bonchev–Trinajstić information content (AvgIpc) is 2.36. The van der Waals surface area contributed by atoms with Crippen molar-refractivity contribution in [2.24, 2.45) is 5.41 Å². The summed E-state index contributed by atoms with van der Waals surface area (Å²) in [5, 5.41) is 11.0. The van der Waals surface area contributed by atoms with E-state index in [0.717, 1.165) is 0 Å². The molecule has 0 amide bonds. The van der Waals surface area contributed by atoms with Gasteiger partial charge in [0.2, 0.25) is 0 Å². The van der Waals surface area contributed by atoms with Crippen LogP contribution in [0.5, 0.6) is 11.5 Å². The molecule has 1 atom stereocenters. The second kappa shape index (κ2) is 5.48. The van der Waals surface area contributed by atoms with Gasteiger partial charge >= 0.3 is 0 Å². The molecule has 110 valence electrons. The van der Waals surface area contributed by atoms with E-state index in [1.807, 2.05) is 20.8 Å². The third kappa shape index (κ3) is 3.15. The normalized spacial score (nSPS) is 15.8. The summed E-state index contributed by atoms with van der Waals surface area (Å²) in [6.45, 7) is 6.88. The fourth-order valence-electron chi connectivity index (χ4n) is 1.95. The number of hydrogen-bond acceptors (Lipinski definition) is 4. The predicted octanol–water partition coefficient (Wildman–Crippen LogP) is 3.56. The van der Waals surface area contributed by atoms with Crippen LogP contribution in [0.2, 0.25) is 0 Å². The molecule has 0 saturated heterocycles. The fraction of sp³-hybridized carbons (Fsp3) is 0.571. The molecule has 2 rings (SSSR count). The Morgan fingerprint density at radius 3 is 2.35 bits per heavy atom. The minimum Gasteiger partial charge on any atom is -0.486 e. The molecule has 1 aliphatic heterocycles. The lowest BCUT2D eigenvalue weighted by molar-refractivity contribution is -0.385. The van der Waals surface area contributed by atoms with E-state index >= 15 is 0 Å². The van der Waals surface area contributed by atoms with Crippen LogP contribution in [0.15, 0.2) is 12.1 Å². The molecule has 20 heavy (non-hydrogen) atoms. The lowest BCUT2D eigenvalue weighted by Gasteiger charge is -2.25. The Morgan fingerprint density at radius 2 is 1.85 bits per heavy atom. The molecule has 0 bridgehead atoms. The second-order valence-corrected chi connectivity index (χ2v) is 6.45. The molecule has 0 saturated carbocycles. The number of hydrogen-bond donors (Lipinski definition) is 0. The molecule has 1 aromatic rings. The van der Waals surface area contributed by atoms with Crippen LogP contribution in [0.3, 0.4) is 0 Å². The van der Waals surface area contributed by atoms with E-state index in [-0.39, 0.29) is 16.5 Å². The summed E-state index contributed by atoms with van der Waals surface area (Å²) in [7, 11) is 0. The summed E-state index contributed by atoms with van der Waals surface area (Å²) in [6, 6.07) is 3.10. The Labute approximate surface area is 123 Å². The summed E-state index contributed by atoms with van der Waals surface area (Å²) in [6.07, 6.45) is 0.415. The first-order chi connectivity index (χ1) is 9.29. The van der Waals surface area contributed by atoms with Gasteiger partial charge in [0.25, 0.3) is 5.69 Å². The highest BCUT2D eigenvalue weighted by Crippen LogP contribution is 2.39. The van der Waals surface area contributed by atoms with E-state index in [0.29, 0.717) is 36.7 Å². The first kappa shape index (κ1) is 14.9. The van der Waals surface area contributed by atoms with Crippen LogP contribution in [-0.4, -0.2) is 23.5 Å². The summed E-state index contributed by atoms with van der Waals surface area (Å²) < 4.78 is 10.9. The summed E-state index contributed by atoms with van der Waals surface area (Å²) >= 11 is 6.36. The van der Waals surface area contributed by atoms with Gasteiger partial charge in [-0.2, -0.15) is 0 Å². The molecular formula is C14H18ClNO4. The van der Waals surface area contributed by atoms with Gasteiger partial charge in [0.15, 0.2) is 11.5 Å². The van der Waals surface area contributed by atoms with Crippen LogP contribution >= 0.6 is 11.6 Å². The van der Waals surface area contributed by atoms with Crippen molar-refractivity contribution in [1.29, 1.82) is 0 Å². The Morgan fingerprint density at radius 1 is 1.30 bits per heavy atom. The Kier molecular flexibility index (Phi) is 4.09. The largest absolute Gasteiger partial charge is 0.486 e. The topological polar surface area (TPSA) is 61.6 Å². The maximum absolute atomic E-state index is 11.2. The molecule has 6 heteroatoms. The van der Waals surface area contributed by atoms with Gasteiger partial charge in [-0.1, -0.05) is 20.8 Å². The van der Waals surface area contributed by atoms with Crippen molar-refractivity contribution in [3.05, 3.63) is 27.8 Å². The van der Waals surface area contributed by atoms with Crippen molar-refractivity contribution in [2.75, 3.05) is 13.2 Å². The average molecular weight is 300 g/mol. The Balaban J connectivity index is 2.37. The van der Waals surface area contributed by atoms with Crippen LogP contribution in [0.1, 0.15) is 26.3 Å². The minimum atomic E-state index is -0.403. The number of nitro groups is 1. The number of rotatable bonds is 3. The van der Waals surface area contributed by atoms with Gasteiger partial charge in [0.05, 0.1) is 11.0 Å². The van der Waals surface area contributed by atoms with Gasteiger partial charge < -0.3 is 9.47 Å². The SMILES string of the molecule is CC(C)(C)C(Cl)Cc1cc2c(cc1[N+](=O)[O-])OCCO2. The third-order valence-corrected chi connectivity index (χ3v) is 4.09. The number of nitro benzene ring substituents is 1. The Hall–Kier alpha value is -1.49. The molecule has 0 aliphatic carbocycles. The zero-order valence-electron chi connectivity index (χ0n) is 11.8. The molecule has 1 unspecified atom stereocenters. The summed E-state index contributed by atoms with van der Waals surface area (Å²) in [4.78, 5) is 10.8. The highest BCUT2D eigenvalue weighted by atomic mass is 35.5. The monoisotopic (exact) mass is 299 g/mol. The van der Waals surface area contributed by atoms with E-state index in [9.17, 15) is 10.1 Å². The molecule has 5 nitrogen and oxygen atoms in total. The molecule has 1 aromatic carbocycles. The lowest BCUT2D eigenvalue weighted by Crippen LogP contribution is -2.23. The molecule has 1 aliphatic rings. The molecule has 0 fully saturated rings. The maximum Gasteiger partial charge on any atom is 0.276 e. The number of ether oxygens (including phenoxy) is 2. The first-order valence-corrected chi connectivity index (χ1v) is 6.93. The van der Waals surface area contributed by atoms with Crippen LogP contribution in [0, 0.1) is 15.5 Å². The van der Waals surface area contributed by atoms with Crippen LogP contribution in [0.4, 0.5) is 5.69 Å². The molecule has 0 radical (unpaired) electrons. The van der Waals surface area contributed by atoms with Crippen molar-refractivity contribution in [1.82, 2.24) is 0 Å². The second-order valence-electron chi connectivity index (χ2n) is 5.92. The number of fused-ring (bicyclic) bond motifs is 1. The first-order valence-electron chi connectivity index (χ1n) is 6.50. The van der Waals surface area contributed by atoms with Crippen LogP contribution in [0.25, 0.3) is 0 Å². The Bertz CT molecular complexity index is 525. The predicted molar refractivity (Wildman–Crippen MR) is 76.9 cm³/mol. The summed E-state index contributed by atoms with van der Waals surface area (Å²) in [5.74, 6) is 0.975. The highest BCUT2D eigenvalue weighted by molar-refractivity contribution is 6.21. The van der Waals surface area contributed by atoms with E-state index in [1.165, 1.54) is 6.07 Å². The number of nitrogens with zero attached hydrogens (tertiary/aromatic N) is 1. The van der Waals surface area contributed by atoms with Crippen molar-refractivity contribution >= 4 is 17.3 Å². The van der Waals surface area contributed by atoms with Crippen molar-refractivity contribution in [3.8, 4) is 11.5 Å². The zero-order valence-corrected chi connectivity index (χ0v) is 12.6. The van der Waals surface area contributed by atoms with Gasteiger partial charge in [0, 0.05) is 10.9 Å². The molecule has 0 aromatic heterocycles. The zero-order chi connectivity index (χ0) is 14.9. The smallest absolute Gasteiger partial charge is 0.276 e. The number of benzene rings is 1. The van der Waals surface area contributed by atoms with Crippen molar-refractivity contribution in [3.63, 3.8) is 0 Å². The van der Waals surface area contributed by atoms with E-state index in [2.05, 4.69) is 0 Å². The molecule has 1 heterocycles. The van der Waals surface area contributed by atoms with Gasteiger partial charge in [-0.25, -0.2) is 0 Å². The maximum atomic E-state index is 11.2. The summed E-state index contributed by atoms with van der Waals surface area (Å²) in [5.41, 5.74) is 0.473. The van der Waals surface area contributed by atoms with Gasteiger partial charge in [0.1, 0.15) is 13.2 Å². The highest BCUT2D eigenvalue weighted by Gasteiger charge is 2.28. The van der Waals surface area contributed by atoms with Crippen LogP contribution in [-0.2, 0) is 6.42 Å². The van der Waals surface area contributed by atoms with Gasteiger partial charge in [-0.3, -0.25) is 10.1 Å². The third-order valence-electron chi connectivity index (χ3n) is 3.28. The van der Waals surface area contributed by atoms with Gasteiger partial charge in [-0.05, 0) is 17.9 Å². The van der Waals surface area contributed by atoms with Crippen molar-refractivity contribution in [2.45, 2.75) is 32.6 Å².